The standard InChI is InChI=1S/C15H16BrN3S/c1-2-7-17-14-11-8-20-9-13(11)18-15(19-14)10-5-3-4-6-12(10)16/h3-6H,2,7-9H2,1H3,(H,17,18,19). The van der Waals surface area contributed by atoms with Crippen LogP contribution in [0.2, 0.25) is 0 Å². The van der Waals surface area contributed by atoms with Crippen molar-refractivity contribution >= 4 is 33.5 Å². The minimum Gasteiger partial charge on any atom is -0.370 e. The van der Waals surface area contributed by atoms with Gasteiger partial charge in [0.2, 0.25) is 0 Å². The van der Waals surface area contributed by atoms with Crippen molar-refractivity contribution in [3.8, 4) is 11.4 Å². The number of anilines is 1. The van der Waals surface area contributed by atoms with Crippen LogP contribution in [0.15, 0.2) is 28.7 Å². The molecule has 0 bridgehead atoms. The van der Waals surface area contributed by atoms with Crippen molar-refractivity contribution in [1.82, 2.24) is 9.97 Å². The number of hydrogen-bond donors (Lipinski definition) is 1. The van der Waals surface area contributed by atoms with E-state index in [4.69, 9.17) is 9.97 Å². The van der Waals surface area contributed by atoms with Gasteiger partial charge in [-0.15, -0.1) is 0 Å². The van der Waals surface area contributed by atoms with Crippen LogP contribution in [0.4, 0.5) is 5.82 Å². The number of fused-ring (bicyclic) bond motifs is 1. The molecule has 0 fully saturated rings. The van der Waals surface area contributed by atoms with E-state index in [1.165, 1.54) is 11.3 Å². The van der Waals surface area contributed by atoms with Crippen LogP contribution in [-0.2, 0) is 11.5 Å². The number of nitrogens with zero attached hydrogens (tertiary/aromatic N) is 2. The largest absolute Gasteiger partial charge is 0.370 e. The Kier molecular flexibility index (Phi) is 4.27. The first kappa shape index (κ1) is 13.9. The predicted molar refractivity (Wildman–Crippen MR) is 88.9 cm³/mol. The zero-order valence-electron chi connectivity index (χ0n) is 11.3. The number of rotatable bonds is 4. The van der Waals surface area contributed by atoms with Crippen LogP contribution in [0.25, 0.3) is 11.4 Å². The van der Waals surface area contributed by atoms with Crippen molar-refractivity contribution in [2.24, 2.45) is 0 Å². The van der Waals surface area contributed by atoms with Gasteiger partial charge in [0.05, 0.1) is 5.69 Å². The second-order valence-corrected chi connectivity index (χ2v) is 6.56. The molecular weight excluding hydrogens is 334 g/mol. The van der Waals surface area contributed by atoms with E-state index in [2.05, 4.69) is 34.2 Å². The van der Waals surface area contributed by atoms with Gasteiger partial charge in [0.1, 0.15) is 5.82 Å². The first-order valence-electron chi connectivity index (χ1n) is 6.76. The third-order valence-electron chi connectivity index (χ3n) is 3.24. The summed E-state index contributed by atoms with van der Waals surface area (Å²) in [6, 6.07) is 8.11. The summed E-state index contributed by atoms with van der Waals surface area (Å²) >= 11 is 5.49. The summed E-state index contributed by atoms with van der Waals surface area (Å²) in [6.45, 7) is 3.11. The van der Waals surface area contributed by atoms with Gasteiger partial charge >= 0.3 is 0 Å². The molecular formula is C15H16BrN3S. The topological polar surface area (TPSA) is 37.8 Å². The second kappa shape index (κ2) is 6.14. The van der Waals surface area contributed by atoms with Gasteiger partial charge in [0.15, 0.2) is 5.82 Å². The highest BCUT2D eigenvalue weighted by molar-refractivity contribution is 9.10. The molecule has 0 saturated carbocycles. The average Bonchev–Trinajstić information content (AvgIpc) is 2.93. The smallest absolute Gasteiger partial charge is 0.162 e. The van der Waals surface area contributed by atoms with Gasteiger partial charge in [-0.3, -0.25) is 0 Å². The molecule has 0 aliphatic carbocycles. The molecule has 20 heavy (non-hydrogen) atoms. The molecule has 3 nitrogen and oxygen atoms in total. The predicted octanol–water partition coefficient (Wildman–Crippen LogP) is 4.47. The molecule has 0 spiro atoms. The number of halogens is 1. The van der Waals surface area contributed by atoms with Crippen molar-refractivity contribution in [3.63, 3.8) is 0 Å². The Morgan fingerprint density at radius 2 is 2.10 bits per heavy atom. The van der Waals surface area contributed by atoms with Gasteiger partial charge in [-0.1, -0.05) is 41.1 Å². The molecule has 2 heterocycles. The fourth-order valence-corrected chi connectivity index (χ4v) is 3.71. The Morgan fingerprint density at radius 1 is 1.25 bits per heavy atom. The van der Waals surface area contributed by atoms with E-state index in [1.807, 2.05) is 30.0 Å². The number of benzene rings is 1. The molecule has 104 valence electrons. The quantitative estimate of drug-likeness (QED) is 0.883. The summed E-state index contributed by atoms with van der Waals surface area (Å²) in [6.07, 6.45) is 1.09. The summed E-state index contributed by atoms with van der Waals surface area (Å²) in [5.41, 5.74) is 3.50. The molecule has 0 atom stereocenters. The fraction of sp³-hybridized carbons (Fsp3) is 0.333. The van der Waals surface area contributed by atoms with Gasteiger partial charge < -0.3 is 5.32 Å². The monoisotopic (exact) mass is 349 g/mol. The van der Waals surface area contributed by atoms with Crippen molar-refractivity contribution in [2.45, 2.75) is 24.9 Å². The van der Waals surface area contributed by atoms with Crippen molar-refractivity contribution in [2.75, 3.05) is 11.9 Å². The third-order valence-corrected chi connectivity index (χ3v) is 4.90. The Hall–Kier alpha value is -1.07. The molecule has 5 heteroatoms. The minimum absolute atomic E-state index is 0.803. The first-order valence-corrected chi connectivity index (χ1v) is 8.70. The fourth-order valence-electron chi connectivity index (χ4n) is 2.20. The molecule has 0 radical (unpaired) electrons. The number of thioether (sulfide) groups is 1. The van der Waals surface area contributed by atoms with Crippen LogP contribution < -0.4 is 5.32 Å². The Bertz CT molecular complexity index is 631. The van der Waals surface area contributed by atoms with Gasteiger partial charge in [0.25, 0.3) is 0 Å². The lowest BCUT2D eigenvalue weighted by atomic mass is 10.2. The van der Waals surface area contributed by atoms with E-state index in [-0.39, 0.29) is 0 Å². The summed E-state index contributed by atoms with van der Waals surface area (Å²) in [5, 5.41) is 3.44. The van der Waals surface area contributed by atoms with E-state index in [9.17, 15) is 0 Å². The van der Waals surface area contributed by atoms with Crippen molar-refractivity contribution in [3.05, 3.63) is 40.0 Å². The summed E-state index contributed by atoms with van der Waals surface area (Å²) < 4.78 is 1.03. The van der Waals surface area contributed by atoms with E-state index in [0.29, 0.717) is 0 Å². The molecule has 0 saturated heterocycles. The van der Waals surface area contributed by atoms with Crippen LogP contribution in [0.3, 0.4) is 0 Å². The van der Waals surface area contributed by atoms with E-state index < -0.39 is 0 Å². The van der Waals surface area contributed by atoms with Crippen molar-refractivity contribution < 1.29 is 0 Å². The minimum atomic E-state index is 0.803. The van der Waals surface area contributed by atoms with Gasteiger partial charge in [0, 0.05) is 33.7 Å². The van der Waals surface area contributed by atoms with Crippen LogP contribution in [0.5, 0.6) is 0 Å². The van der Waals surface area contributed by atoms with Crippen LogP contribution >= 0.6 is 27.7 Å². The van der Waals surface area contributed by atoms with E-state index >= 15 is 0 Å². The van der Waals surface area contributed by atoms with Gasteiger partial charge in [-0.05, 0) is 12.5 Å². The lowest BCUT2D eigenvalue weighted by Crippen LogP contribution is -2.08. The highest BCUT2D eigenvalue weighted by Crippen LogP contribution is 2.35. The number of hydrogen-bond acceptors (Lipinski definition) is 4. The molecule has 1 aromatic carbocycles. The molecule has 3 rings (SSSR count). The summed E-state index contributed by atoms with van der Waals surface area (Å²) in [5.74, 6) is 3.80. The van der Waals surface area contributed by atoms with Gasteiger partial charge in [-0.2, -0.15) is 11.8 Å². The third kappa shape index (κ3) is 2.69. The normalized spacial score (nSPS) is 13.3. The lowest BCUT2D eigenvalue weighted by Gasteiger charge is -2.12. The maximum Gasteiger partial charge on any atom is 0.162 e. The Morgan fingerprint density at radius 3 is 2.90 bits per heavy atom. The molecule has 0 amide bonds. The maximum atomic E-state index is 4.75. The Balaban J connectivity index is 2.06. The number of aromatic nitrogens is 2. The number of nitrogens with one attached hydrogen (secondary N) is 1. The lowest BCUT2D eigenvalue weighted by molar-refractivity contribution is 0.955. The Labute approximate surface area is 131 Å². The van der Waals surface area contributed by atoms with E-state index in [0.717, 1.165) is 46.1 Å². The van der Waals surface area contributed by atoms with Crippen LogP contribution in [0.1, 0.15) is 24.6 Å². The SMILES string of the molecule is CCCNc1nc(-c2ccccc2Br)nc2c1CSC2. The second-order valence-electron chi connectivity index (χ2n) is 4.72. The molecule has 1 aromatic heterocycles. The first-order chi connectivity index (χ1) is 9.79. The highest BCUT2D eigenvalue weighted by Gasteiger charge is 2.20. The zero-order valence-corrected chi connectivity index (χ0v) is 13.7. The van der Waals surface area contributed by atoms with E-state index in [1.54, 1.807) is 0 Å². The molecule has 1 aliphatic heterocycles. The zero-order chi connectivity index (χ0) is 13.9. The highest BCUT2D eigenvalue weighted by atomic mass is 79.9. The molecule has 1 N–H and O–H groups in total. The van der Waals surface area contributed by atoms with Crippen LogP contribution in [0, 0.1) is 0 Å². The van der Waals surface area contributed by atoms with Crippen molar-refractivity contribution in [1.29, 1.82) is 0 Å². The van der Waals surface area contributed by atoms with Gasteiger partial charge in [-0.25, -0.2) is 9.97 Å². The molecule has 2 aromatic rings. The molecule has 1 aliphatic rings. The molecule has 0 unspecified atom stereocenters. The summed E-state index contributed by atoms with van der Waals surface area (Å²) in [4.78, 5) is 9.50. The summed E-state index contributed by atoms with van der Waals surface area (Å²) in [7, 11) is 0. The maximum absolute atomic E-state index is 4.75. The van der Waals surface area contributed by atoms with Crippen LogP contribution in [-0.4, -0.2) is 16.5 Å². The average molecular weight is 350 g/mol.